The number of aliphatic imine (C=N–C) groups is 1. The Morgan fingerprint density at radius 2 is 1.93 bits per heavy atom. The molecule has 0 saturated carbocycles. The van der Waals surface area contributed by atoms with E-state index >= 15 is 0 Å². The number of hydrogen-bond donors (Lipinski definition) is 1. The van der Waals surface area contributed by atoms with Crippen LogP contribution < -0.4 is 5.32 Å². The monoisotopic (exact) mass is 516 g/mol. The second kappa shape index (κ2) is 12.7. The third-order valence-corrected chi connectivity index (χ3v) is 5.73. The molecule has 2 aliphatic heterocycles. The molecule has 0 spiro atoms. The molecule has 3 rings (SSSR count). The zero-order valence-electron chi connectivity index (χ0n) is 18.1. The zero-order chi connectivity index (χ0) is 19.8. The Hall–Kier alpha value is -0.900. The van der Waals surface area contributed by atoms with Gasteiger partial charge in [-0.3, -0.25) is 9.89 Å². The fourth-order valence-corrected chi connectivity index (χ4v) is 4.05. The van der Waals surface area contributed by atoms with E-state index in [1.165, 1.54) is 11.1 Å². The molecule has 2 fully saturated rings. The van der Waals surface area contributed by atoms with E-state index in [9.17, 15) is 0 Å². The molecule has 0 radical (unpaired) electrons. The summed E-state index contributed by atoms with van der Waals surface area (Å²) < 4.78 is 11.8. The van der Waals surface area contributed by atoms with Gasteiger partial charge in [-0.15, -0.1) is 24.0 Å². The van der Waals surface area contributed by atoms with Crippen LogP contribution in [0.1, 0.15) is 37.8 Å². The summed E-state index contributed by atoms with van der Waals surface area (Å²) in [6.45, 7) is 11.7. The quantitative estimate of drug-likeness (QED) is 0.343. The van der Waals surface area contributed by atoms with Gasteiger partial charge in [0.2, 0.25) is 0 Å². The number of nitrogens with zero attached hydrogens (tertiary/aromatic N) is 3. The maximum atomic E-state index is 5.97. The van der Waals surface area contributed by atoms with Gasteiger partial charge in [0.15, 0.2) is 5.96 Å². The van der Waals surface area contributed by atoms with Gasteiger partial charge in [-0.1, -0.05) is 38.1 Å². The van der Waals surface area contributed by atoms with Crippen LogP contribution in [-0.2, 0) is 22.6 Å². The number of nitrogens with one attached hydrogen (secondary N) is 1. The average Bonchev–Trinajstić information content (AvgIpc) is 3.28. The predicted molar refractivity (Wildman–Crippen MR) is 129 cm³/mol. The second-order valence-corrected chi connectivity index (χ2v) is 7.59. The SMILES string of the molecule is CCN(CC)Cc1cccc(CNC(=NC)N2CCOC(C3CCCO3)C2)c1.I. The standard InChI is InChI=1S/C22H36N4O2.HI/c1-4-25(5-2)16-19-9-6-8-18(14-19)15-24-22(23-3)26-11-13-28-21(17-26)20-10-7-12-27-20;/h6,8-9,14,20-21H,4-5,7,10-13,15-17H2,1-3H3,(H,23,24);1H. The molecule has 164 valence electrons. The van der Waals surface area contributed by atoms with Crippen LogP contribution in [0.25, 0.3) is 0 Å². The Morgan fingerprint density at radius 3 is 2.62 bits per heavy atom. The first kappa shape index (κ1) is 24.4. The molecular weight excluding hydrogens is 479 g/mol. The van der Waals surface area contributed by atoms with Crippen LogP contribution >= 0.6 is 24.0 Å². The minimum atomic E-state index is 0. The summed E-state index contributed by atoms with van der Waals surface area (Å²) in [7, 11) is 1.86. The van der Waals surface area contributed by atoms with Crippen LogP contribution in [0.2, 0.25) is 0 Å². The molecule has 7 heteroatoms. The summed E-state index contributed by atoms with van der Waals surface area (Å²) in [5.41, 5.74) is 2.65. The largest absolute Gasteiger partial charge is 0.375 e. The third kappa shape index (κ3) is 7.08. The number of rotatable bonds is 7. The zero-order valence-corrected chi connectivity index (χ0v) is 20.4. The van der Waals surface area contributed by atoms with Crippen molar-refractivity contribution < 1.29 is 9.47 Å². The number of ether oxygens (including phenoxy) is 2. The van der Waals surface area contributed by atoms with Crippen LogP contribution in [-0.4, -0.2) is 74.4 Å². The van der Waals surface area contributed by atoms with E-state index in [1.54, 1.807) is 0 Å². The van der Waals surface area contributed by atoms with Gasteiger partial charge in [-0.05, 0) is 37.1 Å². The van der Waals surface area contributed by atoms with E-state index in [-0.39, 0.29) is 36.2 Å². The molecule has 0 bridgehead atoms. The van der Waals surface area contributed by atoms with Gasteiger partial charge >= 0.3 is 0 Å². The lowest BCUT2D eigenvalue weighted by molar-refractivity contribution is -0.0817. The van der Waals surface area contributed by atoms with Gasteiger partial charge in [0.1, 0.15) is 6.10 Å². The molecule has 0 aliphatic carbocycles. The molecular formula is C22H37IN4O2. The summed E-state index contributed by atoms with van der Waals surface area (Å²) in [6.07, 6.45) is 2.62. The molecule has 0 aromatic heterocycles. The van der Waals surface area contributed by atoms with Crippen LogP contribution in [0.15, 0.2) is 29.3 Å². The Kier molecular flexibility index (Phi) is 10.7. The normalized spacial score (nSPS) is 22.6. The van der Waals surface area contributed by atoms with E-state index < -0.39 is 0 Å². The fourth-order valence-electron chi connectivity index (χ4n) is 4.05. The van der Waals surface area contributed by atoms with Crippen molar-refractivity contribution in [3.05, 3.63) is 35.4 Å². The maximum absolute atomic E-state index is 5.97. The van der Waals surface area contributed by atoms with E-state index in [4.69, 9.17) is 9.47 Å². The summed E-state index contributed by atoms with van der Waals surface area (Å²) in [5.74, 6) is 0.945. The molecule has 0 amide bonds. The highest BCUT2D eigenvalue weighted by atomic mass is 127. The first-order valence-electron chi connectivity index (χ1n) is 10.7. The van der Waals surface area contributed by atoms with E-state index in [0.717, 1.165) is 71.3 Å². The lowest BCUT2D eigenvalue weighted by Gasteiger charge is -2.37. The van der Waals surface area contributed by atoms with Gasteiger partial charge in [0.05, 0.1) is 12.7 Å². The highest BCUT2D eigenvalue weighted by Gasteiger charge is 2.32. The number of guanidine groups is 1. The van der Waals surface area contributed by atoms with Gasteiger partial charge in [0.25, 0.3) is 0 Å². The van der Waals surface area contributed by atoms with Crippen LogP contribution in [0.4, 0.5) is 0 Å². The molecule has 2 aliphatic rings. The molecule has 6 nitrogen and oxygen atoms in total. The van der Waals surface area contributed by atoms with E-state index in [2.05, 4.69) is 58.2 Å². The Balaban J connectivity index is 0.00000300. The highest BCUT2D eigenvalue weighted by molar-refractivity contribution is 14.0. The molecule has 2 unspecified atom stereocenters. The maximum Gasteiger partial charge on any atom is 0.194 e. The van der Waals surface area contributed by atoms with Crippen molar-refractivity contribution in [2.75, 3.05) is 46.4 Å². The van der Waals surface area contributed by atoms with E-state index in [1.807, 2.05) is 7.05 Å². The number of halogens is 1. The molecule has 1 aromatic rings. The molecule has 1 N–H and O–H groups in total. The van der Waals surface area contributed by atoms with E-state index in [0.29, 0.717) is 0 Å². The minimum absolute atomic E-state index is 0. The van der Waals surface area contributed by atoms with Gasteiger partial charge in [-0.2, -0.15) is 0 Å². The predicted octanol–water partition coefficient (Wildman–Crippen LogP) is 3.10. The molecule has 2 atom stereocenters. The van der Waals surface area contributed by atoms with Crippen molar-refractivity contribution in [1.29, 1.82) is 0 Å². The summed E-state index contributed by atoms with van der Waals surface area (Å²) in [5, 5.41) is 3.54. The average molecular weight is 516 g/mol. The molecule has 2 heterocycles. The van der Waals surface area contributed by atoms with Crippen LogP contribution in [0.5, 0.6) is 0 Å². The van der Waals surface area contributed by atoms with Gasteiger partial charge in [0, 0.05) is 39.8 Å². The van der Waals surface area contributed by atoms with Crippen LogP contribution in [0.3, 0.4) is 0 Å². The summed E-state index contributed by atoms with van der Waals surface area (Å²) in [6, 6.07) is 8.85. The highest BCUT2D eigenvalue weighted by Crippen LogP contribution is 2.21. The molecule has 1 aromatic carbocycles. The van der Waals surface area contributed by atoms with Crippen LogP contribution in [0, 0.1) is 0 Å². The Bertz CT molecular complexity index is 633. The summed E-state index contributed by atoms with van der Waals surface area (Å²) in [4.78, 5) is 9.25. The number of hydrogen-bond acceptors (Lipinski definition) is 4. The van der Waals surface area contributed by atoms with Crippen molar-refractivity contribution in [1.82, 2.24) is 15.1 Å². The number of morpholine rings is 1. The lowest BCUT2D eigenvalue weighted by atomic mass is 10.1. The fraction of sp³-hybridized carbons (Fsp3) is 0.682. The van der Waals surface area contributed by atoms with Crippen molar-refractivity contribution >= 4 is 29.9 Å². The molecule has 2 saturated heterocycles. The molecule has 29 heavy (non-hydrogen) atoms. The Labute approximate surface area is 193 Å². The first-order chi connectivity index (χ1) is 13.7. The lowest BCUT2D eigenvalue weighted by Crippen LogP contribution is -2.53. The first-order valence-corrected chi connectivity index (χ1v) is 10.7. The Morgan fingerprint density at radius 1 is 1.17 bits per heavy atom. The van der Waals surface area contributed by atoms with Crippen molar-refractivity contribution in [2.45, 2.75) is 52.0 Å². The van der Waals surface area contributed by atoms with Crippen molar-refractivity contribution in [2.24, 2.45) is 4.99 Å². The van der Waals surface area contributed by atoms with Gasteiger partial charge in [-0.25, -0.2) is 0 Å². The van der Waals surface area contributed by atoms with Crippen molar-refractivity contribution in [3.8, 4) is 0 Å². The minimum Gasteiger partial charge on any atom is -0.375 e. The number of benzene rings is 1. The van der Waals surface area contributed by atoms with Gasteiger partial charge < -0.3 is 19.7 Å². The smallest absolute Gasteiger partial charge is 0.194 e. The topological polar surface area (TPSA) is 49.3 Å². The van der Waals surface area contributed by atoms with Crippen molar-refractivity contribution in [3.63, 3.8) is 0 Å². The summed E-state index contributed by atoms with van der Waals surface area (Å²) >= 11 is 0. The third-order valence-electron chi connectivity index (χ3n) is 5.73. The second-order valence-electron chi connectivity index (χ2n) is 7.59.